The molecule has 3 rings (SSSR count). The van der Waals surface area contributed by atoms with Crippen LogP contribution < -0.4 is 25.8 Å². The third kappa shape index (κ3) is 6.13. The van der Waals surface area contributed by atoms with Crippen molar-refractivity contribution in [1.82, 2.24) is 15.2 Å². The predicted octanol–water partition coefficient (Wildman–Crippen LogP) is 2.25. The lowest BCUT2D eigenvalue weighted by molar-refractivity contribution is -0.118. The average Bonchev–Trinajstić information content (AvgIpc) is 2.76. The fourth-order valence-corrected chi connectivity index (χ4v) is 2.47. The second-order valence-corrected chi connectivity index (χ2v) is 6.57. The van der Waals surface area contributed by atoms with Gasteiger partial charge in [-0.3, -0.25) is 14.6 Å². The highest BCUT2D eigenvalue weighted by Gasteiger charge is 2.09. The van der Waals surface area contributed by atoms with Crippen molar-refractivity contribution in [2.75, 3.05) is 24.5 Å². The minimum atomic E-state index is -0.345. The van der Waals surface area contributed by atoms with Gasteiger partial charge in [-0.1, -0.05) is 17.7 Å². The van der Waals surface area contributed by atoms with E-state index in [1.807, 2.05) is 31.2 Å². The molecule has 160 valence electrons. The molecular weight excluding hydrogens is 400 g/mol. The van der Waals surface area contributed by atoms with E-state index in [2.05, 4.69) is 31.0 Å². The molecule has 0 bridgehead atoms. The topological polar surface area (TPSA) is 131 Å². The van der Waals surface area contributed by atoms with Crippen molar-refractivity contribution in [1.29, 1.82) is 0 Å². The lowest BCUT2D eigenvalue weighted by Gasteiger charge is -2.11. The van der Waals surface area contributed by atoms with Crippen LogP contribution in [-0.2, 0) is 4.79 Å². The second kappa shape index (κ2) is 10.0. The molecule has 1 aromatic heterocycles. The highest BCUT2D eigenvalue weighted by atomic mass is 16.5. The quantitative estimate of drug-likeness (QED) is 0.375. The van der Waals surface area contributed by atoms with Gasteiger partial charge >= 0.3 is 0 Å². The van der Waals surface area contributed by atoms with Gasteiger partial charge in [-0.2, -0.15) is 5.10 Å². The molecule has 3 aromatic rings. The lowest BCUT2D eigenvalue weighted by Crippen LogP contribution is -2.20. The first kappa shape index (κ1) is 21.5. The second-order valence-electron chi connectivity index (χ2n) is 6.57. The van der Waals surface area contributed by atoms with E-state index in [-0.39, 0.29) is 29.7 Å². The number of hydrogen-bond acceptors (Lipinski definition) is 8. The molecule has 0 radical (unpaired) electrons. The molecule has 10 nitrogen and oxygen atoms in total. The molecule has 3 N–H and O–H groups in total. The fraction of sp³-hybridized carbons (Fsp3) is 0.190. The highest BCUT2D eigenvalue weighted by Crippen LogP contribution is 2.27. The van der Waals surface area contributed by atoms with Gasteiger partial charge in [0.25, 0.3) is 11.5 Å². The maximum atomic E-state index is 12.1. The number of nitrogens with one attached hydrogen (secondary N) is 3. The summed E-state index contributed by atoms with van der Waals surface area (Å²) >= 11 is 0. The summed E-state index contributed by atoms with van der Waals surface area (Å²) in [6, 6.07) is 12.6. The Labute approximate surface area is 178 Å². The van der Waals surface area contributed by atoms with Crippen molar-refractivity contribution >= 4 is 23.8 Å². The number of H-pyrrole nitrogens is 1. The molecular formula is C21H22N6O4. The predicted molar refractivity (Wildman–Crippen MR) is 117 cm³/mol. The number of ether oxygens (including phenoxy) is 2. The van der Waals surface area contributed by atoms with Crippen molar-refractivity contribution in [3.05, 3.63) is 69.6 Å². The van der Waals surface area contributed by atoms with Crippen molar-refractivity contribution in [2.45, 2.75) is 13.8 Å². The van der Waals surface area contributed by atoms with Crippen molar-refractivity contribution < 1.29 is 14.3 Å². The van der Waals surface area contributed by atoms with Gasteiger partial charge in [0.05, 0.1) is 13.3 Å². The summed E-state index contributed by atoms with van der Waals surface area (Å²) in [6.07, 6.45) is 1.51. The Bertz CT molecular complexity index is 1140. The zero-order valence-electron chi connectivity index (χ0n) is 17.3. The van der Waals surface area contributed by atoms with E-state index in [0.29, 0.717) is 22.7 Å². The SMILES string of the molecule is COc1cc(/C=N/Nc2nnc(C)c(=O)[nH]2)ccc1OCC(=O)Nc1ccc(C)cc1. The Morgan fingerprint density at radius 3 is 2.61 bits per heavy atom. The first-order chi connectivity index (χ1) is 14.9. The number of hydrogen-bond donors (Lipinski definition) is 3. The van der Waals surface area contributed by atoms with E-state index < -0.39 is 0 Å². The van der Waals surface area contributed by atoms with Crippen LogP contribution in [0.1, 0.15) is 16.8 Å². The number of carbonyl (C=O) groups is 1. The number of methoxy groups -OCH3 is 1. The van der Waals surface area contributed by atoms with E-state index in [9.17, 15) is 9.59 Å². The van der Waals surface area contributed by atoms with Crippen molar-refractivity contribution in [3.63, 3.8) is 0 Å². The molecule has 0 spiro atoms. The number of carbonyl (C=O) groups excluding carboxylic acids is 1. The van der Waals surface area contributed by atoms with Gasteiger partial charge in [-0.25, -0.2) is 5.43 Å². The van der Waals surface area contributed by atoms with Crippen LogP contribution in [0.4, 0.5) is 11.6 Å². The number of benzene rings is 2. The van der Waals surface area contributed by atoms with Crippen LogP contribution >= 0.6 is 0 Å². The van der Waals surface area contributed by atoms with Crippen LogP contribution in [0.3, 0.4) is 0 Å². The van der Waals surface area contributed by atoms with Gasteiger partial charge in [-0.05, 0) is 49.7 Å². The average molecular weight is 422 g/mol. The standard InChI is InChI=1S/C21H22N6O4/c1-13-4-7-16(8-5-13)23-19(28)12-31-17-9-6-15(10-18(17)30-3)11-22-26-21-24-20(29)14(2)25-27-21/h4-11H,12H2,1-3H3,(H,23,28)(H2,24,26,27,29)/b22-11+. The highest BCUT2D eigenvalue weighted by molar-refractivity contribution is 5.92. The largest absolute Gasteiger partial charge is 0.493 e. The van der Waals surface area contributed by atoms with E-state index in [0.717, 1.165) is 5.56 Å². The molecule has 0 saturated heterocycles. The Balaban J connectivity index is 1.58. The fourth-order valence-electron chi connectivity index (χ4n) is 2.47. The molecule has 0 aliphatic rings. The minimum Gasteiger partial charge on any atom is -0.493 e. The number of hydrazone groups is 1. The van der Waals surface area contributed by atoms with Gasteiger partial charge < -0.3 is 14.8 Å². The molecule has 0 atom stereocenters. The van der Waals surface area contributed by atoms with E-state index in [1.54, 1.807) is 25.1 Å². The molecule has 0 unspecified atom stereocenters. The van der Waals surface area contributed by atoms with E-state index >= 15 is 0 Å². The van der Waals surface area contributed by atoms with E-state index in [1.165, 1.54) is 13.3 Å². The molecule has 10 heteroatoms. The molecule has 0 aliphatic carbocycles. The number of amides is 1. The van der Waals surface area contributed by atoms with Crippen LogP contribution in [0, 0.1) is 13.8 Å². The van der Waals surface area contributed by atoms with Crippen LogP contribution in [0.2, 0.25) is 0 Å². The molecule has 31 heavy (non-hydrogen) atoms. The van der Waals surface area contributed by atoms with Crippen molar-refractivity contribution in [3.8, 4) is 11.5 Å². The maximum absolute atomic E-state index is 12.1. The van der Waals surface area contributed by atoms with Gasteiger partial charge in [-0.15, -0.1) is 10.2 Å². The zero-order valence-corrected chi connectivity index (χ0v) is 17.3. The van der Waals surface area contributed by atoms with Crippen LogP contribution in [0.15, 0.2) is 52.4 Å². The molecule has 1 heterocycles. The van der Waals surface area contributed by atoms with Crippen LogP contribution in [-0.4, -0.2) is 41.0 Å². The van der Waals surface area contributed by atoms with Gasteiger partial charge in [0.15, 0.2) is 18.1 Å². The lowest BCUT2D eigenvalue weighted by atomic mass is 10.2. The minimum absolute atomic E-state index is 0.123. The Hall–Kier alpha value is -4.21. The summed E-state index contributed by atoms with van der Waals surface area (Å²) in [5.41, 5.74) is 5.02. The normalized spacial score (nSPS) is 10.7. The van der Waals surface area contributed by atoms with Gasteiger partial charge in [0.2, 0.25) is 5.95 Å². The number of aromatic amines is 1. The Kier molecular flexibility index (Phi) is 6.94. The molecule has 1 amide bonds. The summed E-state index contributed by atoms with van der Waals surface area (Å²) in [5, 5.41) is 14.3. The zero-order chi connectivity index (χ0) is 22.2. The Morgan fingerprint density at radius 2 is 1.90 bits per heavy atom. The third-order valence-electron chi connectivity index (χ3n) is 4.13. The summed E-state index contributed by atoms with van der Waals surface area (Å²) in [6.45, 7) is 3.36. The Morgan fingerprint density at radius 1 is 1.13 bits per heavy atom. The number of nitrogens with zero attached hydrogens (tertiary/aromatic N) is 3. The first-order valence-electron chi connectivity index (χ1n) is 9.34. The molecule has 0 fully saturated rings. The number of rotatable bonds is 8. The van der Waals surface area contributed by atoms with Gasteiger partial charge in [0.1, 0.15) is 5.69 Å². The van der Waals surface area contributed by atoms with Gasteiger partial charge in [0, 0.05) is 5.69 Å². The maximum Gasteiger partial charge on any atom is 0.274 e. The monoisotopic (exact) mass is 422 g/mol. The molecule has 0 aliphatic heterocycles. The van der Waals surface area contributed by atoms with Crippen molar-refractivity contribution in [2.24, 2.45) is 5.10 Å². The number of anilines is 2. The summed E-state index contributed by atoms with van der Waals surface area (Å²) in [7, 11) is 1.50. The van der Waals surface area contributed by atoms with E-state index in [4.69, 9.17) is 9.47 Å². The number of aryl methyl sites for hydroxylation is 2. The summed E-state index contributed by atoms with van der Waals surface area (Å²) in [4.78, 5) is 26.1. The molecule has 0 saturated carbocycles. The smallest absolute Gasteiger partial charge is 0.274 e. The van der Waals surface area contributed by atoms with Crippen LogP contribution in [0.25, 0.3) is 0 Å². The molecule has 2 aromatic carbocycles. The summed E-state index contributed by atoms with van der Waals surface area (Å²) in [5.74, 6) is 0.698. The third-order valence-corrected chi connectivity index (χ3v) is 4.13. The summed E-state index contributed by atoms with van der Waals surface area (Å²) < 4.78 is 10.9. The number of aromatic nitrogens is 3. The first-order valence-corrected chi connectivity index (χ1v) is 9.34. The van der Waals surface area contributed by atoms with Crippen LogP contribution in [0.5, 0.6) is 11.5 Å².